The molecule has 0 unspecified atom stereocenters. The zero-order valence-corrected chi connectivity index (χ0v) is 13.0. The highest BCUT2D eigenvalue weighted by Gasteiger charge is 2.20. The smallest absolute Gasteiger partial charge is 0.271 e. The minimum Gasteiger partial charge on any atom is -0.481 e. The summed E-state index contributed by atoms with van der Waals surface area (Å²) in [6.07, 6.45) is -0.189. The van der Waals surface area contributed by atoms with Gasteiger partial charge in [-0.05, 0) is 31.0 Å². The third kappa shape index (κ3) is 4.29. The topological polar surface area (TPSA) is 81.5 Å². The number of ether oxygens (including phenoxy) is 1. The molecule has 0 fully saturated rings. The number of hydrogen-bond donors (Lipinski definition) is 1. The number of amides is 1. The molecule has 0 bridgehead atoms. The van der Waals surface area contributed by atoms with E-state index >= 15 is 0 Å². The Labute approximate surface area is 134 Å². The van der Waals surface area contributed by atoms with Crippen molar-refractivity contribution in [2.24, 2.45) is 0 Å². The van der Waals surface area contributed by atoms with Gasteiger partial charge in [0.1, 0.15) is 5.75 Å². The van der Waals surface area contributed by atoms with Gasteiger partial charge in [0.25, 0.3) is 11.6 Å². The molecular weight excluding hydrogens is 296 g/mol. The lowest BCUT2D eigenvalue weighted by molar-refractivity contribution is -0.384. The zero-order chi connectivity index (χ0) is 16.8. The second-order valence-corrected chi connectivity index (χ2v) is 5.07. The molecule has 0 aliphatic heterocycles. The van der Waals surface area contributed by atoms with Crippen molar-refractivity contribution in [2.45, 2.75) is 26.4 Å². The molecule has 0 heterocycles. The van der Waals surface area contributed by atoms with Crippen molar-refractivity contribution in [3.8, 4) is 5.75 Å². The number of nitrogens with one attached hydrogen (secondary N) is 1. The molecule has 120 valence electrons. The summed E-state index contributed by atoms with van der Waals surface area (Å²) in [5.41, 5.74) is 1.10. The molecule has 0 saturated heterocycles. The maximum atomic E-state index is 12.4. The van der Waals surface area contributed by atoms with Crippen molar-refractivity contribution in [3.63, 3.8) is 0 Å². The first-order chi connectivity index (χ1) is 11.0. The molecule has 0 aromatic heterocycles. The molecule has 0 aliphatic rings. The second kappa shape index (κ2) is 7.40. The molecule has 2 aromatic rings. The standard InChI is InChI=1S/C17H18N2O4/c1-3-16(23-14-7-5-4-6-8-14)17(20)18-15-11-13(19(21)22)10-9-12(15)2/h4-11,16H,3H2,1-2H3,(H,18,20)/t16-/m0/s1. The molecule has 2 rings (SSSR count). The summed E-state index contributed by atoms with van der Waals surface area (Å²) in [6, 6.07) is 13.4. The summed E-state index contributed by atoms with van der Waals surface area (Å²) in [4.78, 5) is 22.7. The van der Waals surface area contributed by atoms with Crippen molar-refractivity contribution in [1.29, 1.82) is 0 Å². The lowest BCUT2D eigenvalue weighted by Gasteiger charge is -2.18. The third-order valence-electron chi connectivity index (χ3n) is 3.37. The number of carbonyl (C=O) groups excluding carboxylic acids is 1. The Morgan fingerprint density at radius 3 is 2.57 bits per heavy atom. The molecular formula is C17H18N2O4. The van der Waals surface area contributed by atoms with Crippen LogP contribution in [0.2, 0.25) is 0 Å². The predicted molar refractivity (Wildman–Crippen MR) is 87.6 cm³/mol. The van der Waals surface area contributed by atoms with Crippen LogP contribution in [0.1, 0.15) is 18.9 Å². The fourth-order valence-electron chi connectivity index (χ4n) is 2.06. The van der Waals surface area contributed by atoms with Gasteiger partial charge in [0, 0.05) is 12.1 Å². The van der Waals surface area contributed by atoms with Crippen molar-refractivity contribution in [3.05, 3.63) is 64.2 Å². The van der Waals surface area contributed by atoms with Gasteiger partial charge in [0.15, 0.2) is 6.10 Å². The number of para-hydroxylation sites is 1. The van der Waals surface area contributed by atoms with E-state index in [1.165, 1.54) is 12.1 Å². The normalized spacial score (nSPS) is 11.6. The van der Waals surface area contributed by atoms with E-state index in [4.69, 9.17) is 4.74 Å². The van der Waals surface area contributed by atoms with Crippen LogP contribution < -0.4 is 10.1 Å². The summed E-state index contributed by atoms with van der Waals surface area (Å²) in [7, 11) is 0. The van der Waals surface area contributed by atoms with E-state index in [0.29, 0.717) is 17.9 Å². The van der Waals surface area contributed by atoms with Crippen LogP contribution in [0.4, 0.5) is 11.4 Å². The van der Waals surface area contributed by atoms with Gasteiger partial charge in [-0.25, -0.2) is 0 Å². The highest BCUT2D eigenvalue weighted by atomic mass is 16.6. The van der Waals surface area contributed by atoms with Gasteiger partial charge in [0.05, 0.1) is 10.6 Å². The molecule has 6 nitrogen and oxygen atoms in total. The van der Waals surface area contributed by atoms with E-state index in [1.807, 2.05) is 25.1 Å². The van der Waals surface area contributed by atoms with Gasteiger partial charge < -0.3 is 10.1 Å². The Bertz CT molecular complexity index is 701. The Kier molecular flexibility index (Phi) is 5.30. The minimum atomic E-state index is -0.670. The Morgan fingerprint density at radius 2 is 1.96 bits per heavy atom. The van der Waals surface area contributed by atoms with Crippen LogP contribution in [0.3, 0.4) is 0 Å². The van der Waals surface area contributed by atoms with Crippen molar-refractivity contribution in [1.82, 2.24) is 0 Å². The number of anilines is 1. The van der Waals surface area contributed by atoms with Crippen LogP contribution in [0, 0.1) is 17.0 Å². The molecule has 0 radical (unpaired) electrons. The Balaban J connectivity index is 2.13. The Morgan fingerprint density at radius 1 is 1.26 bits per heavy atom. The summed E-state index contributed by atoms with van der Waals surface area (Å²) in [6.45, 7) is 3.62. The van der Waals surface area contributed by atoms with Crippen molar-refractivity contribution >= 4 is 17.3 Å². The number of non-ortho nitro benzene ring substituents is 1. The molecule has 0 saturated carbocycles. The summed E-state index contributed by atoms with van der Waals surface area (Å²) in [5.74, 6) is 0.269. The summed E-state index contributed by atoms with van der Waals surface area (Å²) in [5, 5.41) is 13.6. The molecule has 6 heteroatoms. The first-order valence-electron chi connectivity index (χ1n) is 7.29. The summed E-state index contributed by atoms with van der Waals surface area (Å²) >= 11 is 0. The fraction of sp³-hybridized carbons (Fsp3) is 0.235. The lowest BCUT2D eigenvalue weighted by Crippen LogP contribution is -2.32. The van der Waals surface area contributed by atoms with Crippen LogP contribution in [-0.2, 0) is 4.79 Å². The van der Waals surface area contributed by atoms with Crippen molar-refractivity contribution < 1.29 is 14.5 Å². The number of benzene rings is 2. The number of aryl methyl sites for hydroxylation is 1. The van der Waals surface area contributed by atoms with Crippen LogP contribution in [0.25, 0.3) is 0 Å². The van der Waals surface area contributed by atoms with E-state index in [9.17, 15) is 14.9 Å². The second-order valence-electron chi connectivity index (χ2n) is 5.07. The maximum Gasteiger partial charge on any atom is 0.271 e. The Hall–Kier alpha value is -2.89. The van der Waals surface area contributed by atoms with E-state index in [-0.39, 0.29) is 11.6 Å². The van der Waals surface area contributed by atoms with E-state index in [2.05, 4.69) is 5.32 Å². The van der Waals surface area contributed by atoms with E-state index < -0.39 is 11.0 Å². The monoisotopic (exact) mass is 314 g/mol. The maximum absolute atomic E-state index is 12.4. The van der Waals surface area contributed by atoms with Gasteiger partial charge in [-0.3, -0.25) is 14.9 Å². The molecule has 0 spiro atoms. The molecule has 1 amide bonds. The van der Waals surface area contributed by atoms with Gasteiger partial charge in [0.2, 0.25) is 0 Å². The SMILES string of the molecule is CC[C@H](Oc1ccccc1)C(=O)Nc1cc([N+](=O)[O-])ccc1C. The van der Waals surface area contributed by atoms with Crippen molar-refractivity contribution in [2.75, 3.05) is 5.32 Å². The number of nitrogens with zero attached hydrogens (tertiary/aromatic N) is 1. The number of nitro groups is 1. The average Bonchev–Trinajstić information content (AvgIpc) is 2.55. The van der Waals surface area contributed by atoms with E-state index in [1.54, 1.807) is 25.1 Å². The molecule has 2 aromatic carbocycles. The van der Waals surface area contributed by atoms with Crippen LogP contribution >= 0.6 is 0 Å². The number of nitro benzene ring substituents is 1. The first-order valence-corrected chi connectivity index (χ1v) is 7.29. The number of hydrogen-bond acceptors (Lipinski definition) is 4. The molecule has 1 atom stereocenters. The van der Waals surface area contributed by atoms with E-state index in [0.717, 1.165) is 5.56 Å². The van der Waals surface area contributed by atoms with Crippen LogP contribution in [-0.4, -0.2) is 16.9 Å². The van der Waals surface area contributed by atoms with Crippen LogP contribution in [0.5, 0.6) is 5.75 Å². The van der Waals surface area contributed by atoms with Gasteiger partial charge in [-0.15, -0.1) is 0 Å². The average molecular weight is 314 g/mol. The largest absolute Gasteiger partial charge is 0.481 e. The molecule has 1 N–H and O–H groups in total. The van der Waals surface area contributed by atoms with Gasteiger partial charge >= 0.3 is 0 Å². The lowest BCUT2D eigenvalue weighted by atomic mass is 10.1. The highest BCUT2D eigenvalue weighted by Crippen LogP contribution is 2.22. The predicted octanol–water partition coefficient (Wildman–Crippen LogP) is 3.70. The quantitative estimate of drug-likeness (QED) is 0.651. The van der Waals surface area contributed by atoms with Gasteiger partial charge in [-0.1, -0.05) is 31.2 Å². The minimum absolute atomic E-state index is 0.0667. The molecule has 0 aliphatic carbocycles. The zero-order valence-electron chi connectivity index (χ0n) is 13.0. The number of carbonyl (C=O) groups is 1. The number of rotatable bonds is 6. The summed E-state index contributed by atoms with van der Waals surface area (Å²) < 4.78 is 5.67. The molecule has 23 heavy (non-hydrogen) atoms. The first kappa shape index (κ1) is 16.5. The van der Waals surface area contributed by atoms with Crippen LogP contribution in [0.15, 0.2) is 48.5 Å². The third-order valence-corrected chi connectivity index (χ3v) is 3.37. The highest BCUT2D eigenvalue weighted by molar-refractivity contribution is 5.95. The van der Waals surface area contributed by atoms with Gasteiger partial charge in [-0.2, -0.15) is 0 Å². The fourth-order valence-corrected chi connectivity index (χ4v) is 2.06.